The monoisotopic (exact) mass is 287 g/mol. The molecule has 2 N–H and O–H groups in total. The third kappa shape index (κ3) is 2.60. The van der Waals surface area contributed by atoms with Crippen molar-refractivity contribution in [1.29, 1.82) is 0 Å². The molecule has 3 heteroatoms. The van der Waals surface area contributed by atoms with Crippen molar-refractivity contribution in [1.82, 2.24) is 0 Å². The fraction of sp³-hybridized carbons (Fsp3) is 0.412. The maximum absolute atomic E-state index is 6.47. The van der Waals surface area contributed by atoms with Crippen molar-refractivity contribution in [2.45, 2.75) is 38.1 Å². The SMILES string of the molecule is CCc1ccsc1C(N)CC1CCOc2ccccc21. The Morgan fingerprint density at radius 2 is 2.20 bits per heavy atom. The number of para-hydroxylation sites is 1. The summed E-state index contributed by atoms with van der Waals surface area (Å²) >= 11 is 1.80. The molecule has 0 radical (unpaired) electrons. The zero-order chi connectivity index (χ0) is 13.9. The quantitative estimate of drug-likeness (QED) is 0.911. The fourth-order valence-corrected chi connectivity index (χ4v) is 4.05. The number of ether oxygens (including phenoxy) is 1. The minimum Gasteiger partial charge on any atom is -0.493 e. The summed E-state index contributed by atoms with van der Waals surface area (Å²) in [7, 11) is 0. The van der Waals surface area contributed by atoms with Gasteiger partial charge in [-0.15, -0.1) is 11.3 Å². The van der Waals surface area contributed by atoms with Crippen LogP contribution in [-0.4, -0.2) is 6.61 Å². The first kappa shape index (κ1) is 13.7. The van der Waals surface area contributed by atoms with E-state index in [-0.39, 0.29) is 6.04 Å². The van der Waals surface area contributed by atoms with Gasteiger partial charge >= 0.3 is 0 Å². The van der Waals surface area contributed by atoms with Gasteiger partial charge in [-0.05, 0) is 53.8 Å². The third-order valence-electron chi connectivity index (χ3n) is 4.12. The van der Waals surface area contributed by atoms with Crippen molar-refractivity contribution in [2.24, 2.45) is 5.73 Å². The molecule has 2 heterocycles. The molecule has 0 amide bonds. The highest BCUT2D eigenvalue weighted by molar-refractivity contribution is 7.10. The summed E-state index contributed by atoms with van der Waals surface area (Å²) in [5.74, 6) is 1.56. The van der Waals surface area contributed by atoms with Crippen LogP contribution in [-0.2, 0) is 6.42 Å². The van der Waals surface area contributed by atoms with Crippen LogP contribution in [0, 0.1) is 0 Å². The molecule has 2 nitrogen and oxygen atoms in total. The van der Waals surface area contributed by atoms with Gasteiger partial charge in [0.2, 0.25) is 0 Å². The van der Waals surface area contributed by atoms with Crippen molar-refractivity contribution in [2.75, 3.05) is 6.61 Å². The summed E-state index contributed by atoms with van der Waals surface area (Å²) in [4.78, 5) is 1.36. The molecule has 106 valence electrons. The molecule has 0 saturated carbocycles. The lowest BCUT2D eigenvalue weighted by atomic mass is 9.87. The molecule has 3 rings (SSSR count). The summed E-state index contributed by atoms with van der Waals surface area (Å²) in [6, 6.07) is 10.7. The van der Waals surface area contributed by atoms with E-state index in [4.69, 9.17) is 10.5 Å². The van der Waals surface area contributed by atoms with Gasteiger partial charge in [0.05, 0.1) is 6.61 Å². The number of hydrogen-bond acceptors (Lipinski definition) is 3. The van der Waals surface area contributed by atoms with Gasteiger partial charge in [-0.1, -0.05) is 25.1 Å². The van der Waals surface area contributed by atoms with Gasteiger partial charge in [0, 0.05) is 10.9 Å². The van der Waals surface area contributed by atoms with Crippen LogP contribution >= 0.6 is 11.3 Å². The smallest absolute Gasteiger partial charge is 0.122 e. The van der Waals surface area contributed by atoms with E-state index in [1.807, 2.05) is 6.07 Å². The van der Waals surface area contributed by atoms with Crippen LogP contribution in [0.15, 0.2) is 35.7 Å². The van der Waals surface area contributed by atoms with Crippen molar-refractivity contribution >= 4 is 11.3 Å². The second-order valence-corrected chi connectivity index (χ2v) is 6.33. The molecule has 0 bridgehead atoms. The van der Waals surface area contributed by atoms with Crippen molar-refractivity contribution < 1.29 is 4.74 Å². The summed E-state index contributed by atoms with van der Waals surface area (Å²) < 4.78 is 5.73. The van der Waals surface area contributed by atoms with E-state index in [2.05, 4.69) is 36.6 Å². The van der Waals surface area contributed by atoms with Gasteiger partial charge in [0.15, 0.2) is 0 Å². The zero-order valence-corrected chi connectivity index (χ0v) is 12.7. The van der Waals surface area contributed by atoms with E-state index in [9.17, 15) is 0 Å². The minimum atomic E-state index is 0.140. The second-order valence-electron chi connectivity index (χ2n) is 5.38. The van der Waals surface area contributed by atoms with Gasteiger partial charge in [0.1, 0.15) is 5.75 Å². The van der Waals surface area contributed by atoms with Crippen LogP contribution in [0.3, 0.4) is 0 Å². The largest absolute Gasteiger partial charge is 0.493 e. The van der Waals surface area contributed by atoms with Crippen molar-refractivity contribution in [3.8, 4) is 5.75 Å². The first-order chi connectivity index (χ1) is 9.79. The van der Waals surface area contributed by atoms with Gasteiger partial charge in [0.25, 0.3) is 0 Å². The number of rotatable bonds is 4. The molecule has 1 aromatic heterocycles. The normalized spacial score (nSPS) is 19.2. The summed E-state index contributed by atoms with van der Waals surface area (Å²) in [6.07, 6.45) is 3.14. The Bertz CT molecular complexity index is 578. The van der Waals surface area contributed by atoms with Gasteiger partial charge in [-0.3, -0.25) is 0 Å². The molecular weight excluding hydrogens is 266 g/mol. The zero-order valence-electron chi connectivity index (χ0n) is 11.8. The molecule has 20 heavy (non-hydrogen) atoms. The molecule has 0 fully saturated rings. The number of aryl methyl sites for hydroxylation is 1. The molecule has 1 aliphatic rings. The average molecular weight is 287 g/mol. The summed E-state index contributed by atoms with van der Waals surface area (Å²) in [6.45, 7) is 3.00. The first-order valence-electron chi connectivity index (χ1n) is 7.33. The topological polar surface area (TPSA) is 35.2 Å². The lowest BCUT2D eigenvalue weighted by molar-refractivity contribution is 0.259. The maximum atomic E-state index is 6.47. The molecule has 0 aliphatic carbocycles. The van der Waals surface area contributed by atoms with Gasteiger partial charge in [-0.2, -0.15) is 0 Å². The molecule has 0 saturated heterocycles. The van der Waals surface area contributed by atoms with Crippen molar-refractivity contribution in [3.05, 3.63) is 51.7 Å². The number of benzene rings is 1. The van der Waals surface area contributed by atoms with E-state index >= 15 is 0 Å². The lowest BCUT2D eigenvalue weighted by Gasteiger charge is -2.28. The highest BCUT2D eigenvalue weighted by Gasteiger charge is 2.24. The minimum absolute atomic E-state index is 0.140. The van der Waals surface area contributed by atoms with Crippen LogP contribution in [0.1, 0.15) is 47.7 Å². The van der Waals surface area contributed by atoms with E-state index < -0.39 is 0 Å². The predicted octanol–water partition coefficient (Wildman–Crippen LogP) is 4.27. The maximum Gasteiger partial charge on any atom is 0.122 e. The first-order valence-corrected chi connectivity index (χ1v) is 8.21. The van der Waals surface area contributed by atoms with Crippen molar-refractivity contribution in [3.63, 3.8) is 0 Å². The van der Waals surface area contributed by atoms with Crippen LogP contribution in [0.25, 0.3) is 0 Å². The van der Waals surface area contributed by atoms with Crippen LogP contribution in [0.4, 0.5) is 0 Å². The predicted molar refractivity (Wildman–Crippen MR) is 84.5 cm³/mol. The Morgan fingerprint density at radius 1 is 1.35 bits per heavy atom. The standard InChI is InChI=1S/C17H21NOS/c1-2-12-8-10-20-17(12)15(18)11-13-7-9-19-16-6-4-3-5-14(13)16/h3-6,8,10,13,15H,2,7,9,11,18H2,1H3. The van der Waals surface area contributed by atoms with Gasteiger partial charge in [-0.25, -0.2) is 0 Å². The number of hydrogen-bond donors (Lipinski definition) is 1. The molecule has 2 atom stereocenters. The molecule has 2 unspecified atom stereocenters. The third-order valence-corrected chi connectivity index (χ3v) is 5.21. The van der Waals surface area contributed by atoms with Gasteiger partial charge < -0.3 is 10.5 Å². The van der Waals surface area contributed by atoms with E-state index in [0.717, 1.165) is 31.6 Å². The molecular formula is C17H21NOS. The fourth-order valence-electron chi connectivity index (χ4n) is 3.04. The highest BCUT2D eigenvalue weighted by atomic mass is 32.1. The van der Waals surface area contributed by atoms with Crippen LogP contribution in [0.2, 0.25) is 0 Å². The number of nitrogens with two attached hydrogens (primary N) is 1. The Morgan fingerprint density at radius 3 is 3.05 bits per heavy atom. The molecule has 1 aromatic carbocycles. The highest BCUT2D eigenvalue weighted by Crippen LogP contribution is 2.39. The molecule has 1 aliphatic heterocycles. The molecule has 2 aromatic rings. The van der Waals surface area contributed by atoms with E-state index in [0.29, 0.717) is 5.92 Å². The Labute approximate surface area is 124 Å². The summed E-state index contributed by atoms with van der Waals surface area (Å²) in [5, 5.41) is 2.16. The number of thiophene rings is 1. The Kier molecular flexibility index (Phi) is 4.08. The summed E-state index contributed by atoms with van der Waals surface area (Å²) in [5.41, 5.74) is 9.20. The van der Waals surface area contributed by atoms with E-state index in [1.54, 1.807) is 11.3 Å². The van der Waals surface area contributed by atoms with Crippen LogP contribution < -0.4 is 10.5 Å². The Balaban J connectivity index is 1.79. The average Bonchev–Trinajstić information content (AvgIpc) is 2.96. The second kappa shape index (κ2) is 5.98. The Hall–Kier alpha value is -1.32. The van der Waals surface area contributed by atoms with Crippen LogP contribution in [0.5, 0.6) is 5.75 Å². The van der Waals surface area contributed by atoms with E-state index in [1.165, 1.54) is 16.0 Å². The lowest BCUT2D eigenvalue weighted by Crippen LogP contribution is -2.20. The number of fused-ring (bicyclic) bond motifs is 1. The molecule has 0 spiro atoms.